The first-order chi connectivity index (χ1) is 17.5. The maximum absolute atomic E-state index is 14.2. The van der Waals surface area contributed by atoms with Gasteiger partial charge in [-0.2, -0.15) is 0 Å². The molecule has 0 aliphatic rings. The van der Waals surface area contributed by atoms with Gasteiger partial charge in [0.2, 0.25) is 0 Å². The smallest absolute Gasteiger partial charge is 0.271 e. The maximum Gasteiger partial charge on any atom is 0.271 e. The Morgan fingerprint density at radius 1 is 1.16 bits per heavy atom. The van der Waals surface area contributed by atoms with Gasteiger partial charge >= 0.3 is 0 Å². The second-order valence-electron chi connectivity index (χ2n) is 10.2. The number of H-pyrrole nitrogens is 1. The molecule has 3 N–H and O–H groups in total. The van der Waals surface area contributed by atoms with Crippen LogP contribution in [0.2, 0.25) is 0 Å². The Morgan fingerprint density at radius 3 is 2.46 bits per heavy atom. The Hall–Kier alpha value is -3.85. The minimum absolute atomic E-state index is 0.137. The van der Waals surface area contributed by atoms with E-state index in [0.29, 0.717) is 40.4 Å². The molecule has 1 aromatic carbocycles. The number of aryl methyl sites for hydroxylation is 1. The minimum Gasteiger partial charge on any atom is -0.383 e. The van der Waals surface area contributed by atoms with Crippen molar-refractivity contribution in [3.63, 3.8) is 0 Å². The summed E-state index contributed by atoms with van der Waals surface area (Å²) in [5, 5.41) is 0. The fourth-order valence-corrected chi connectivity index (χ4v) is 4.34. The summed E-state index contributed by atoms with van der Waals surface area (Å²) >= 11 is 0. The monoisotopic (exact) mass is 507 g/mol. The molecule has 0 bridgehead atoms. The second-order valence-corrected chi connectivity index (χ2v) is 10.2. The number of rotatable bonds is 7. The molecule has 1 amide bonds. The fourth-order valence-electron chi connectivity index (χ4n) is 4.34. The molecule has 0 fully saturated rings. The van der Waals surface area contributed by atoms with Crippen LogP contribution in [0.4, 0.5) is 14.6 Å². The van der Waals surface area contributed by atoms with E-state index in [1.807, 2.05) is 33.8 Å². The maximum atomic E-state index is 14.2. The zero-order valence-corrected chi connectivity index (χ0v) is 21.6. The van der Waals surface area contributed by atoms with E-state index in [4.69, 9.17) is 10.5 Å². The van der Waals surface area contributed by atoms with Gasteiger partial charge in [0.15, 0.2) is 0 Å². The Bertz CT molecular complexity index is 1370. The van der Waals surface area contributed by atoms with Crippen molar-refractivity contribution in [2.45, 2.75) is 40.3 Å². The molecule has 3 aromatic heterocycles. The number of carbonyl (C=O) groups is 1. The lowest BCUT2D eigenvalue weighted by atomic mass is 9.85. The summed E-state index contributed by atoms with van der Waals surface area (Å²) in [5.41, 5.74) is 8.86. The van der Waals surface area contributed by atoms with Crippen LogP contribution in [-0.4, -0.2) is 45.5 Å². The SMILES string of the molecule is COCC(N(Cc1ccc(-c2c(F)cccc2F)cn1)C(=O)c1cc2nc(N)c(C)cc2[nH]1)C(C)(C)C. The third kappa shape index (κ3) is 5.46. The van der Waals surface area contributed by atoms with Crippen LogP contribution in [0.15, 0.2) is 48.7 Å². The molecule has 0 saturated heterocycles. The van der Waals surface area contributed by atoms with Crippen molar-refractivity contribution in [1.29, 1.82) is 0 Å². The highest BCUT2D eigenvalue weighted by Gasteiger charge is 2.35. The number of ether oxygens (including phenoxy) is 1. The number of amides is 1. The van der Waals surface area contributed by atoms with Crippen molar-refractivity contribution in [2.24, 2.45) is 5.41 Å². The van der Waals surface area contributed by atoms with Crippen molar-refractivity contribution in [2.75, 3.05) is 19.5 Å². The first-order valence-corrected chi connectivity index (χ1v) is 11.9. The number of hydrogen-bond donors (Lipinski definition) is 2. The van der Waals surface area contributed by atoms with E-state index in [2.05, 4.69) is 15.0 Å². The van der Waals surface area contributed by atoms with E-state index in [1.54, 1.807) is 30.2 Å². The highest BCUT2D eigenvalue weighted by atomic mass is 19.1. The van der Waals surface area contributed by atoms with Gasteiger partial charge in [0.05, 0.1) is 41.5 Å². The number of methoxy groups -OCH3 is 1. The van der Waals surface area contributed by atoms with Gasteiger partial charge in [-0.3, -0.25) is 9.78 Å². The van der Waals surface area contributed by atoms with E-state index in [-0.39, 0.29) is 29.5 Å². The molecule has 9 heteroatoms. The normalized spacial score (nSPS) is 12.6. The molecule has 37 heavy (non-hydrogen) atoms. The number of aromatic nitrogens is 3. The van der Waals surface area contributed by atoms with Gasteiger partial charge in [0.1, 0.15) is 23.1 Å². The lowest BCUT2D eigenvalue weighted by Gasteiger charge is -2.39. The van der Waals surface area contributed by atoms with Crippen LogP contribution < -0.4 is 5.73 Å². The minimum atomic E-state index is -0.664. The number of hydrogen-bond acceptors (Lipinski definition) is 5. The van der Waals surface area contributed by atoms with Gasteiger partial charge in [-0.1, -0.05) is 32.9 Å². The van der Waals surface area contributed by atoms with Gasteiger partial charge in [-0.15, -0.1) is 0 Å². The van der Waals surface area contributed by atoms with Gasteiger partial charge in [-0.25, -0.2) is 13.8 Å². The van der Waals surface area contributed by atoms with Crippen molar-refractivity contribution >= 4 is 22.8 Å². The van der Waals surface area contributed by atoms with E-state index in [1.165, 1.54) is 24.4 Å². The van der Waals surface area contributed by atoms with E-state index in [9.17, 15) is 13.6 Å². The molecule has 4 rings (SSSR count). The predicted octanol–water partition coefficient (Wildman–Crippen LogP) is 5.50. The highest BCUT2D eigenvalue weighted by molar-refractivity contribution is 5.97. The largest absolute Gasteiger partial charge is 0.383 e. The number of aromatic amines is 1. The molecule has 0 aliphatic carbocycles. The molecule has 1 atom stereocenters. The van der Waals surface area contributed by atoms with Crippen LogP contribution in [0.1, 0.15) is 42.5 Å². The lowest BCUT2D eigenvalue weighted by Crippen LogP contribution is -2.49. The number of fused-ring (bicyclic) bond motifs is 1. The number of anilines is 1. The number of pyridine rings is 2. The van der Waals surface area contributed by atoms with Crippen LogP contribution in [0.3, 0.4) is 0 Å². The topological polar surface area (TPSA) is 97.1 Å². The summed E-state index contributed by atoms with van der Waals surface area (Å²) in [4.78, 5) is 27.6. The van der Waals surface area contributed by atoms with Crippen LogP contribution in [0.5, 0.6) is 0 Å². The van der Waals surface area contributed by atoms with Gasteiger partial charge < -0.3 is 20.4 Å². The molecular formula is C28H31F2N5O2. The summed E-state index contributed by atoms with van der Waals surface area (Å²) in [7, 11) is 1.59. The molecule has 4 aromatic rings. The number of benzene rings is 1. The van der Waals surface area contributed by atoms with Gasteiger partial charge in [0, 0.05) is 18.9 Å². The van der Waals surface area contributed by atoms with Crippen LogP contribution in [0.25, 0.3) is 22.2 Å². The average Bonchev–Trinajstić information content (AvgIpc) is 3.24. The fraction of sp³-hybridized carbons (Fsp3) is 0.321. The molecule has 0 saturated carbocycles. The average molecular weight is 508 g/mol. The standard InChI is InChI=1S/C28H31F2N5O2/c1-16-11-21-22(34-26(16)31)12-23(33-21)27(36)35(24(15-37-5)28(2,3)4)14-18-10-9-17(13-32-18)25-19(29)7-6-8-20(25)30/h6-13,24,33H,14-15H2,1-5H3,(H2,31,34). The molecule has 1 unspecified atom stereocenters. The van der Waals surface area contributed by atoms with Gasteiger partial charge in [0.25, 0.3) is 5.91 Å². The van der Waals surface area contributed by atoms with Crippen molar-refractivity contribution in [1.82, 2.24) is 19.9 Å². The zero-order chi connectivity index (χ0) is 26.9. The number of nitrogens with zero attached hydrogens (tertiary/aromatic N) is 3. The quantitative estimate of drug-likeness (QED) is 0.344. The molecule has 0 spiro atoms. The molecule has 0 aliphatic heterocycles. The molecule has 0 radical (unpaired) electrons. The molecule has 3 heterocycles. The zero-order valence-electron chi connectivity index (χ0n) is 21.6. The Balaban J connectivity index is 1.71. The number of nitrogen functional groups attached to an aromatic ring is 1. The Labute approximate surface area is 214 Å². The predicted molar refractivity (Wildman–Crippen MR) is 140 cm³/mol. The molecule has 194 valence electrons. The van der Waals surface area contributed by atoms with E-state index >= 15 is 0 Å². The number of nitrogens with one attached hydrogen (secondary N) is 1. The first-order valence-electron chi connectivity index (χ1n) is 11.9. The highest BCUT2D eigenvalue weighted by Crippen LogP contribution is 2.30. The lowest BCUT2D eigenvalue weighted by molar-refractivity contribution is 0.0192. The van der Waals surface area contributed by atoms with Crippen LogP contribution in [-0.2, 0) is 11.3 Å². The number of carbonyl (C=O) groups excluding carboxylic acids is 1. The third-order valence-electron chi connectivity index (χ3n) is 6.43. The summed E-state index contributed by atoms with van der Waals surface area (Å²) in [6, 6.07) is 10.2. The van der Waals surface area contributed by atoms with Crippen molar-refractivity contribution in [3.8, 4) is 11.1 Å². The summed E-state index contributed by atoms with van der Waals surface area (Å²) in [6.45, 7) is 8.42. The van der Waals surface area contributed by atoms with E-state index < -0.39 is 11.6 Å². The molecular weight excluding hydrogens is 476 g/mol. The van der Waals surface area contributed by atoms with E-state index in [0.717, 1.165) is 5.56 Å². The van der Waals surface area contributed by atoms with Crippen LogP contribution >= 0.6 is 0 Å². The molecule has 7 nitrogen and oxygen atoms in total. The Morgan fingerprint density at radius 2 is 1.86 bits per heavy atom. The van der Waals surface area contributed by atoms with Crippen LogP contribution in [0, 0.1) is 24.0 Å². The summed E-state index contributed by atoms with van der Waals surface area (Å²) < 4.78 is 34.0. The second kappa shape index (κ2) is 10.3. The number of halogens is 2. The summed E-state index contributed by atoms with van der Waals surface area (Å²) in [6.07, 6.45) is 1.42. The van der Waals surface area contributed by atoms with Crippen molar-refractivity contribution < 1.29 is 18.3 Å². The number of nitrogens with two attached hydrogens (primary N) is 1. The van der Waals surface area contributed by atoms with Crippen molar-refractivity contribution in [3.05, 3.63) is 77.2 Å². The first kappa shape index (κ1) is 26.2. The van der Waals surface area contributed by atoms with Gasteiger partial charge in [-0.05, 0) is 48.2 Å². The third-order valence-corrected chi connectivity index (χ3v) is 6.43. The summed E-state index contributed by atoms with van der Waals surface area (Å²) in [5.74, 6) is -1.17. The Kier molecular flexibility index (Phi) is 7.27.